The van der Waals surface area contributed by atoms with Crippen molar-refractivity contribution >= 4 is 51.4 Å². The van der Waals surface area contributed by atoms with Gasteiger partial charge in [-0.15, -0.1) is 11.3 Å². The van der Waals surface area contributed by atoms with Gasteiger partial charge >= 0.3 is 0 Å². The normalized spacial score (nSPS) is 17.7. The lowest BCUT2D eigenvalue weighted by molar-refractivity contribution is -0.124. The van der Waals surface area contributed by atoms with Gasteiger partial charge in [-0.1, -0.05) is 11.6 Å². The van der Waals surface area contributed by atoms with Gasteiger partial charge in [-0.25, -0.2) is 4.98 Å². The van der Waals surface area contributed by atoms with Crippen LogP contribution in [0.3, 0.4) is 0 Å². The molecule has 8 heteroatoms. The van der Waals surface area contributed by atoms with Crippen LogP contribution in [0.4, 0.5) is 10.8 Å². The van der Waals surface area contributed by atoms with Crippen LogP contribution in [0.15, 0.2) is 29.8 Å². The average Bonchev–Trinajstić information content (AvgIpc) is 3.00. The fourth-order valence-corrected chi connectivity index (χ4v) is 3.10. The minimum Gasteiger partial charge on any atom is -0.315 e. The highest BCUT2D eigenvalue weighted by molar-refractivity contribution is 7.13. The molecule has 1 unspecified atom stereocenters. The van der Waals surface area contributed by atoms with Gasteiger partial charge in [-0.05, 0) is 18.2 Å². The van der Waals surface area contributed by atoms with Crippen molar-refractivity contribution in [1.29, 1.82) is 0 Å². The number of nitrogens with zero attached hydrogens (tertiary/aromatic N) is 2. The SMILES string of the molecule is CN1C(=O)CC(C(=O)Nc2nccs2)C(=O)c2ccc(Cl)cc21. The largest absolute Gasteiger partial charge is 0.315 e. The van der Waals surface area contributed by atoms with E-state index in [2.05, 4.69) is 10.3 Å². The molecule has 2 aromatic rings. The van der Waals surface area contributed by atoms with Gasteiger partial charge in [-0.2, -0.15) is 0 Å². The molecule has 0 saturated carbocycles. The van der Waals surface area contributed by atoms with Gasteiger partial charge in [0, 0.05) is 35.6 Å². The number of amides is 2. The maximum Gasteiger partial charge on any atom is 0.237 e. The van der Waals surface area contributed by atoms with Crippen molar-refractivity contribution in [3.8, 4) is 0 Å². The molecular weight excluding hydrogens is 338 g/mol. The van der Waals surface area contributed by atoms with E-state index in [1.165, 1.54) is 16.2 Å². The molecule has 1 aliphatic heterocycles. The van der Waals surface area contributed by atoms with E-state index in [1.807, 2.05) is 0 Å². The van der Waals surface area contributed by atoms with Crippen LogP contribution < -0.4 is 10.2 Å². The number of halogens is 1. The maximum atomic E-state index is 12.7. The molecule has 0 radical (unpaired) electrons. The standard InChI is InChI=1S/C15H12ClN3O3S/c1-19-11-6-8(16)2-3-9(11)13(21)10(7-12(19)20)14(22)18-15-17-4-5-23-15/h2-6,10H,7H2,1H3,(H,17,18,22). The second-order valence-corrected chi connectivity index (χ2v) is 6.39. The van der Waals surface area contributed by atoms with Gasteiger partial charge in [0.15, 0.2) is 10.9 Å². The van der Waals surface area contributed by atoms with E-state index in [0.717, 1.165) is 0 Å². The molecule has 1 atom stereocenters. The van der Waals surface area contributed by atoms with E-state index < -0.39 is 17.6 Å². The van der Waals surface area contributed by atoms with Crippen molar-refractivity contribution in [2.24, 2.45) is 5.92 Å². The van der Waals surface area contributed by atoms with Gasteiger partial charge in [-0.3, -0.25) is 14.4 Å². The number of carbonyl (C=O) groups excluding carboxylic acids is 3. The van der Waals surface area contributed by atoms with Crippen molar-refractivity contribution in [2.75, 3.05) is 17.3 Å². The summed E-state index contributed by atoms with van der Waals surface area (Å²) in [6.45, 7) is 0. The maximum absolute atomic E-state index is 12.7. The Balaban J connectivity index is 1.96. The number of aromatic nitrogens is 1. The molecule has 0 spiro atoms. The van der Waals surface area contributed by atoms with Gasteiger partial charge in [0.05, 0.1) is 5.69 Å². The Labute approximate surface area is 141 Å². The second-order valence-electron chi connectivity index (χ2n) is 5.06. The number of benzene rings is 1. The van der Waals surface area contributed by atoms with E-state index in [-0.39, 0.29) is 12.3 Å². The zero-order chi connectivity index (χ0) is 16.6. The summed E-state index contributed by atoms with van der Waals surface area (Å²) in [5, 5.41) is 5.10. The Morgan fingerprint density at radius 3 is 2.91 bits per heavy atom. The second kappa shape index (κ2) is 6.10. The van der Waals surface area contributed by atoms with Crippen LogP contribution in [0.25, 0.3) is 0 Å². The van der Waals surface area contributed by atoms with E-state index in [9.17, 15) is 14.4 Å². The molecule has 23 heavy (non-hydrogen) atoms. The quantitative estimate of drug-likeness (QED) is 0.845. The Hall–Kier alpha value is -2.25. The molecule has 0 saturated heterocycles. The number of hydrogen-bond donors (Lipinski definition) is 1. The third-order valence-electron chi connectivity index (χ3n) is 3.63. The number of Topliss-reactive ketones (excluding diaryl/α,β-unsaturated/α-hetero) is 1. The van der Waals surface area contributed by atoms with Crippen LogP contribution in [0, 0.1) is 5.92 Å². The highest BCUT2D eigenvalue weighted by Gasteiger charge is 2.36. The molecule has 0 fully saturated rings. The molecule has 3 rings (SSSR count). The van der Waals surface area contributed by atoms with Gasteiger partial charge in [0.25, 0.3) is 0 Å². The van der Waals surface area contributed by atoms with Gasteiger partial charge in [0.1, 0.15) is 5.92 Å². The monoisotopic (exact) mass is 349 g/mol. The number of thiazole rings is 1. The van der Waals surface area contributed by atoms with E-state index in [4.69, 9.17) is 11.6 Å². The number of rotatable bonds is 2. The predicted molar refractivity (Wildman–Crippen MR) is 88.0 cm³/mol. The predicted octanol–water partition coefficient (Wildman–Crippen LogP) is 2.60. The minimum absolute atomic E-state index is 0.196. The number of hydrogen-bond acceptors (Lipinski definition) is 5. The molecule has 1 aromatic heterocycles. The van der Waals surface area contributed by atoms with Crippen LogP contribution in [-0.4, -0.2) is 29.6 Å². The van der Waals surface area contributed by atoms with Crippen molar-refractivity contribution < 1.29 is 14.4 Å². The van der Waals surface area contributed by atoms with E-state index >= 15 is 0 Å². The summed E-state index contributed by atoms with van der Waals surface area (Å²) in [5.74, 6) is -2.34. The Morgan fingerprint density at radius 2 is 2.22 bits per heavy atom. The first kappa shape index (κ1) is 15.6. The third-order valence-corrected chi connectivity index (χ3v) is 4.56. The zero-order valence-corrected chi connectivity index (χ0v) is 13.6. The topological polar surface area (TPSA) is 79.4 Å². The summed E-state index contributed by atoms with van der Waals surface area (Å²) in [6.07, 6.45) is 1.35. The average molecular weight is 350 g/mol. The van der Waals surface area contributed by atoms with Crippen molar-refractivity contribution in [1.82, 2.24) is 4.98 Å². The van der Waals surface area contributed by atoms with Gasteiger partial charge in [0.2, 0.25) is 11.8 Å². The summed E-state index contributed by atoms with van der Waals surface area (Å²) in [4.78, 5) is 42.7. The fourth-order valence-electron chi connectivity index (χ4n) is 2.41. The summed E-state index contributed by atoms with van der Waals surface area (Å²) < 4.78 is 0. The Kier molecular flexibility index (Phi) is 4.14. The third kappa shape index (κ3) is 2.97. The lowest BCUT2D eigenvalue weighted by Crippen LogP contribution is -2.32. The minimum atomic E-state index is -1.09. The lowest BCUT2D eigenvalue weighted by atomic mass is 9.94. The summed E-state index contributed by atoms with van der Waals surface area (Å²) >= 11 is 7.19. The molecule has 2 amide bonds. The van der Waals surface area contributed by atoms with Crippen LogP contribution in [0.2, 0.25) is 5.02 Å². The smallest absolute Gasteiger partial charge is 0.237 e. The fraction of sp³-hybridized carbons (Fsp3) is 0.200. The van der Waals surface area contributed by atoms with Crippen LogP contribution in [0.1, 0.15) is 16.8 Å². The number of fused-ring (bicyclic) bond motifs is 1. The number of ketones is 1. The summed E-state index contributed by atoms with van der Waals surface area (Å²) in [7, 11) is 1.56. The molecule has 1 N–H and O–H groups in total. The van der Waals surface area contributed by atoms with Crippen molar-refractivity contribution in [3.05, 3.63) is 40.4 Å². The highest BCUT2D eigenvalue weighted by atomic mass is 35.5. The van der Waals surface area contributed by atoms with Gasteiger partial charge < -0.3 is 10.2 Å². The molecule has 1 aliphatic rings. The molecule has 0 aliphatic carbocycles. The molecule has 6 nitrogen and oxygen atoms in total. The first-order valence-corrected chi connectivity index (χ1v) is 8.04. The molecule has 2 heterocycles. The summed E-state index contributed by atoms with van der Waals surface area (Å²) in [6, 6.07) is 4.66. The van der Waals surface area contributed by atoms with E-state index in [0.29, 0.717) is 21.4 Å². The molecule has 118 valence electrons. The highest BCUT2D eigenvalue weighted by Crippen LogP contribution is 2.31. The first-order chi connectivity index (χ1) is 11.0. The molecule has 1 aromatic carbocycles. The number of anilines is 2. The first-order valence-electron chi connectivity index (χ1n) is 6.78. The van der Waals surface area contributed by atoms with Crippen molar-refractivity contribution in [2.45, 2.75) is 6.42 Å². The van der Waals surface area contributed by atoms with Crippen LogP contribution in [-0.2, 0) is 9.59 Å². The zero-order valence-electron chi connectivity index (χ0n) is 12.1. The van der Waals surface area contributed by atoms with Crippen molar-refractivity contribution in [3.63, 3.8) is 0 Å². The summed E-state index contributed by atoms with van der Waals surface area (Å²) in [5.41, 5.74) is 0.721. The Bertz CT molecular complexity index is 791. The van der Waals surface area contributed by atoms with E-state index in [1.54, 1.807) is 36.8 Å². The number of nitrogens with one attached hydrogen (secondary N) is 1. The molecular formula is C15H12ClN3O3S. The number of carbonyl (C=O) groups is 3. The Morgan fingerprint density at radius 1 is 1.43 bits per heavy atom. The molecule has 0 bridgehead atoms. The lowest BCUT2D eigenvalue weighted by Gasteiger charge is -2.16. The van der Waals surface area contributed by atoms with Crippen LogP contribution >= 0.6 is 22.9 Å². The van der Waals surface area contributed by atoms with Crippen LogP contribution in [0.5, 0.6) is 0 Å².